The van der Waals surface area contributed by atoms with Crippen LogP contribution in [-0.4, -0.2) is 17.6 Å². The molecule has 0 spiro atoms. The lowest BCUT2D eigenvalue weighted by Crippen LogP contribution is -2.30. The molecule has 4 nitrogen and oxygen atoms in total. The quantitative estimate of drug-likeness (QED) is 0.677. The highest BCUT2D eigenvalue weighted by molar-refractivity contribution is 7.13. The Morgan fingerprint density at radius 3 is 2.65 bits per heavy atom. The number of rotatable bonds is 5. The number of urea groups is 1. The first-order chi connectivity index (χ1) is 12.5. The zero-order chi connectivity index (χ0) is 18.5. The lowest BCUT2D eigenvalue weighted by molar-refractivity contribution is 0.252. The van der Waals surface area contributed by atoms with Crippen LogP contribution in [0, 0.1) is 18.6 Å². The van der Waals surface area contributed by atoms with Crippen molar-refractivity contribution in [2.24, 2.45) is 0 Å². The number of carbonyl (C=O) groups excluding carboxylic acids is 1. The van der Waals surface area contributed by atoms with Gasteiger partial charge in [0.15, 0.2) is 0 Å². The van der Waals surface area contributed by atoms with E-state index in [1.165, 1.54) is 11.6 Å². The third-order valence-corrected chi connectivity index (χ3v) is 4.64. The molecule has 3 aromatic rings. The molecule has 2 aromatic carbocycles. The standard InChI is InChI=1S/C19H17F2N3OS/c1-12-2-4-13(5-3-12)18-23-15(11-26-18)8-9-22-19(25)24-17-7-6-14(20)10-16(17)21/h2-7,10-11H,8-9H2,1H3,(H2,22,24,25). The minimum atomic E-state index is -0.817. The third kappa shape index (κ3) is 4.64. The van der Waals surface area contributed by atoms with Crippen LogP contribution in [-0.2, 0) is 6.42 Å². The normalized spacial score (nSPS) is 10.6. The molecule has 0 aliphatic carbocycles. The molecule has 2 N–H and O–H groups in total. The van der Waals surface area contributed by atoms with Crippen molar-refractivity contribution in [2.75, 3.05) is 11.9 Å². The minimum absolute atomic E-state index is 0.0702. The molecule has 134 valence electrons. The molecule has 0 unspecified atom stereocenters. The van der Waals surface area contributed by atoms with E-state index in [2.05, 4.69) is 15.6 Å². The molecule has 0 aliphatic rings. The molecular weight excluding hydrogens is 356 g/mol. The Bertz CT molecular complexity index is 909. The minimum Gasteiger partial charge on any atom is -0.337 e. The van der Waals surface area contributed by atoms with Gasteiger partial charge in [-0.15, -0.1) is 11.3 Å². The number of anilines is 1. The molecule has 1 aromatic heterocycles. The maximum absolute atomic E-state index is 13.5. The SMILES string of the molecule is Cc1ccc(-c2nc(CCNC(=O)Nc3ccc(F)cc3F)cs2)cc1. The molecule has 0 aliphatic heterocycles. The maximum atomic E-state index is 13.5. The highest BCUT2D eigenvalue weighted by Gasteiger charge is 2.08. The van der Waals surface area contributed by atoms with Crippen LogP contribution in [0.2, 0.25) is 0 Å². The fourth-order valence-electron chi connectivity index (χ4n) is 2.31. The second kappa shape index (κ2) is 8.05. The van der Waals surface area contributed by atoms with Crippen molar-refractivity contribution < 1.29 is 13.6 Å². The van der Waals surface area contributed by atoms with Gasteiger partial charge in [-0.3, -0.25) is 0 Å². The number of hydrogen-bond donors (Lipinski definition) is 2. The molecule has 3 rings (SSSR count). The lowest BCUT2D eigenvalue weighted by Gasteiger charge is -2.07. The van der Waals surface area contributed by atoms with Gasteiger partial charge in [-0.25, -0.2) is 18.6 Å². The van der Waals surface area contributed by atoms with Crippen LogP contribution < -0.4 is 10.6 Å². The van der Waals surface area contributed by atoms with Gasteiger partial charge in [0.25, 0.3) is 0 Å². The molecule has 0 atom stereocenters. The van der Waals surface area contributed by atoms with Gasteiger partial charge in [0, 0.05) is 30.0 Å². The van der Waals surface area contributed by atoms with Crippen molar-refractivity contribution in [3.05, 3.63) is 70.7 Å². The number of thiazole rings is 1. The largest absolute Gasteiger partial charge is 0.337 e. The highest BCUT2D eigenvalue weighted by Crippen LogP contribution is 2.24. The summed E-state index contributed by atoms with van der Waals surface area (Å²) in [7, 11) is 0. The van der Waals surface area contributed by atoms with Crippen molar-refractivity contribution >= 4 is 23.1 Å². The van der Waals surface area contributed by atoms with Gasteiger partial charge in [0.05, 0.1) is 11.4 Å². The van der Waals surface area contributed by atoms with Crippen molar-refractivity contribution in [3.63, 3.8) is 0 Å². The Hall–Kier alpha value is -2.80. The van der Waals surface area contributed by atoms with Crippen molar-refractivity contribution in [1.82, 2.24) is 10.3 Å². The van der Waals surface area contributed by atoms with Gasteiger partial charge >= 0.3 is 6.03 Å². The van der Waals surface area contributed by atoms with Gasteiger partial charge in [-0.1, -0.05) is 29.8 Å². The van der Waals surface area contributed by atoms with Crippen LogP contribution in [0.25, 0.3) is 10.6 Å². The first-order valence-electron chi connectivity index (χ1n) is 8.02. The van der Waals surface area contributed by atoms with E-state index in [0.717, 1.165) is 28.4 Å². The Morgan fingerprint density at radius 1 is 1.15 bits per heavy atom. The summed E-state index contributed by atoms with van der Waals surface area (Å²) < 4.78 is 26.3. The van der Waals surface area contributed by atoms with Crippen molar-refractivity contribution in [2.45, 2.75) is 13.3 Å². The molecule has 0 radical (unpaired) electrons. The van der Waals surface area contributed by atoms with E-state index in [-0.39, 0.29) is 5.69 Å². The van der Waals surface area contributed by atoms with Crippen molar-refractivity contribution in [1.29, 1.82) is 0 Å². The van der Waals surface area contributed by atoms with Crippen LogP contribution in [0.15, 0.2) is 47.8 Å². The summed E-state index contributed by atoms with van der Waals surface area (Å²) in [6.07, 6.45) is 0.557. The predicted octanol–water partition coefficient (Wildman–Crippen LogP) is 4.76. The molecule has 7 heteroatoms. The molecular formula is C19H17F2N3OS. The summed E-state index contributed by atoms with van der Waals surface area (Å²) in [5.74, 6) is -1.51. The zero-order valence-electron chi connectivity index (χ0n) is 14.1. The van der Waals surface area contributed by atoms with Crippen LogP contribution in [0.5, 0.6) is 0 Å². The van der Waals surface area contributed by atoms with E-state index >= 15 is 0 Å². The highest BCUT2D eigenvalue weighted by atomic mass is 32.1. The topological polar surface area (TPSA) is 54.0 Å². The zero-order valence-corrected chi connectivity index (χ0v) is 14.9. The number of aryl methyl sites for hydroxylation is 1. The van der Waals surface area contributed by atoms with Crippen LogP contribution >= 0.6 is 11.3 Å². The third-order valence-electron chi connectivity index (χ3n) is 3.70. The van der Waals surface area contributed by atoms with Gasteiger partial charge in [0.1, 0.15) is 16.6 Å². The molecule has 0 fully saturated rings. The summed E-state index contributed by atoms with van der Waals surface area (Å²) >= 11 is 1.55. The summed E-state index contributed by atoms with van der Waals surface area (Å²) in [5.41, 5.74) is 3.06. The van der Waals surface area contributed by atoms with E-state index in [4.69, 9.17) is 0 Å². The summed E-state index contributed by atoms with van der Waals surface area (Å²) in [6.45, 7) is 2.39. The number of hydrogen-bond acceptors (Lipinski definition) is 3. The monoisotopic (exact) mass is 373 g/mol. The Labute approximate surface area is 153 Å². The number of halogens is 2. The van der Waals surface area contributed by atoms with E-state index in [0.29, 0.717) is 13.0 Å². The predicted molar refractivity (Wildman–Crippen MR) is 99.4 cm³/mol. The van der Waals surface area contributed by atoms with Crippen LogP contribution in [0.4, 0.5) is 19.3 Å². The van der Waals surface area contributed by atoms with Crippen LogP contribution in [0.3, 0.4) is 0 Å². The summed E-state index contributed by atoms with van der Waals surface area (Å²) in [4.78, 5) is 16.4. The summed E-state index contributed by atoms with van der Waals surface area (Å²) in [6, 6.07) is 10.6. The Morgan fingerprint density at radius 2 is 1.92 bits per heavy atom. The average molecular weight is 373 g/mol. The molecule has 2 amide bonds. The molecule has 0 saturated carbocycles. The van der Waals surface area contributed by atoms with E-state index in [1.54, 1.807) is 11.3 Å². The number of benzene rings is 2. The number of nitrogens with zero attached hydrogens (tertiary/aromatic N) is 1. The summed E-state index contributed by atoms with van der Waals surface area (Å²) in [5, 5.41) is 7.86. The van der Waals surface area contributed by atoms with Crippen molar-refractivity contribution in [3.8, 4) is 10.6 Å². The number of nitrogens with one attached hydrogen (secondary N) is 2. The van der Waals surface area contributed by atoms with Gasteiger partial charge in [-0.2, -0.15) is 0 Å². The van der Waals surface area contributed by atoms with Gasteiger partial charge in [0.2, 0.25) is 0 Å². The van der Waals surface area contributed by atoms with E-state index < -0.39 is 17.7 Å². The number of carbonyl (C=O) groups is 1. The average Bonchev–Trinajstić information content (AvgIpc) is 3.07. The molecule has 0 saturated heterocycles. The maximum Gasteiger partial charge on any atom is 0.319 e. The molecule has 1 heterocycles. The lowest BCUT2D eigenvalue weighted by atomic mass is 10.2. The number of amides is 2. The van der Waals surface area contributed by atoms with E-state index in [1.807, 2.05) is 36.6 Å². The fourth-order valence-corrected chi connectivity index (χ4v) is 3.17. The molecule has 26 heavy (non-hydrogen) atoms. The van der Waals surface area contributed by atoms with E-state index in [9.17, 15) is 13.6 Å². The molecule has 0 bridgehead atoms. The Kier molecular flexibility index (Phi) is 5.58. The Balaban J connectivity index is 1.50. The second-order valence-electron chi connectivity index (χ2n) is 5.77. The van der Waals surface area contributed by atoms with Gasteiger partial charge < -0.3 is 10.6 Å². The first-order valence-corrected chi connectivity index (χ1v) is 8.90. The fraction of sp³-hybridized carbons (Fsp3) is 0.158. The smallest absolute Gasteiger partial charge is 0.319 e. The van der Waals surface area contributed by atoms with Crippen LogP contribution in [0.1, 0.15) is 11.3 Å². The first kappa shape index (κ1) is 18.0. The second-order valence-corrected chi connectivity index (χ2v) is 6.62. The van der Waals surface area contributed by atoms with Gasteiger partial charge in [-0.05, 0) is 19.1 Å². The number of aromatic nitrogens is 1.